The van der Waals surface area contributed by atoms with Gasteiger partial charge < -0.3 is 4.57 Å². The summed E-state index contributed by atoms with van der Waals surface area (Å²) in [4.78, 5) is 4.71. The van der Waals surface area contributed by atoms with Crippen LogP contribution in [0.25, 0.3) is 11.0 Å². The van der Waals surface area contributed by atoms with E-state index in [1.54, 1.807) is 0 Å². The number of rotatable bonds is 1. The van der Waals surface area contributed by atoms with Crippen molar-refractivity contribution in [2.75, 3.05) is 0 Å². The zero-order valence-corrected chi connectivity index (χ0v) is 8.85. The van der Waals surface area contributed by atoms with E-state index in [0.717, 1.165) is 5.52 Å². The van der Waals surface area contributed by atoms with Crippen LogP contribution in [0.5, 0.6) is 0 Å². The summed E-state index contributed by atoms with van der Waals surface area (Å²) in [5, 5.41) is 0. The number of hydrogen-bond acceptors (Lipinski definition) is 1. The molecule has 0 aliphatic heterocycles. The van der Waals surface area contributed by atoms with Crippen molar-refractivity contribution in [2.45, 2.75) is 18.8 Å². The molecular formula is C13H14N2. The smallest absolute Gasteiger partial charge is 0.116 e. The van der Waals surface area contributed by atoms with Crippen LogP contribution in [0, 0.1) is 0 Å². The molecule has 1 aromatic carbocycles. The van der Waals surface area contributed by atoms with Gasteiger partial charge in [-0.25, -0.2) is 4.98 Å². The lowest BCUT2D eigenvalue weighted by molar-refractivity contribution is 0.701. The minimum absolute atomic E-state index is 0.516. The molecule has 76 valence electrons. The van der Waals surface area contributed by atoms with E-state index in [1.807, 2.05) is 6.07 Å². The summed E-state index contributed by atoms with van der Waals surface area (Å²) in [5.41, 5.74) is 2.34. The predicted molar refractivity (Wildman–Crippen MR) is 61.8 cm³/mol. The normalized spacial score (nSPS) is 20.2. The van der Waals surface area contributed by atoms with Crippen LogP contribution < -0.4 is 0 Å². The molecule has 0 N–H and O–H groups in total. The van der Waals surface area contributed by atoms with Gasteiger partial charge in [0.2, 0.25) is 0 Å². The number of benzene rings is 1. The quantitative estimate of drug-likeness (QED) is 0.644. The highest BCUT2D eigenvalue weighted by Crippen LogP contribution is 2.29. The molecule has 3 rings (SSSR count). The molecule has 1 heterocycles. The highest BCUT2D eigenvalue weighted by atomic mass is 15.1. The molecule has 15 heavy (non-hydrogen) atoms. The SMILES string of the molecule is Cn1c([C@H]2C=CCC2)nc2ccccc21. The molecule has 0 spiro atoms. The summed E-state index contributed by atoms with van der Waals surface area (Å²) in [6.07, 6.45) is 6.93. The van der Waals surface area contributed by atoms with E-state index >= 15 is 0 Å². The van der Waals surface area contributed by atoms with Crippen LogP contribution in [-0.4, -0.2) is 9.55 Å². The Hall–Kier alpha value is -1.57. The summed E-state index contributed by atoms with van der Waals surface area (Å²) >= 11 is 0. The van der Waals surface area contributed by atoms with Crippen molar-refractivity contribution < 1.29 is 0 Å². The van der Waals surface area contributed by atoms with Gasteiger partial charge >= 0.3 is 0 Å². The van der Waals surface area contributed by atoms with Gasteiger partial charge in [0, 0.05) is 13.0 Å². The van der Waals surface area contributed by atoms with Crippen LogP contribution in [0.4, 0.5) is 0 Å². The Morgan fingerprint density at radius 2 is 2.20 bits per heavy atom. The Morgan fingerprint density at radius 3 is 2.93 bits per heavy atom. The molecule has 1 atom stereocenters. The van der Waals surface area contributed by atoms with E-state index in [1.165, 1.54) is 24.2 Å². The van der Waals surface area contributed by atoms with Crippen molar-refractivity contribution in [2.24, 2.45) is 7.05 Å². The fourth-order valence-corrected chi connectivity index (χ4v) is 2.34. The highest BCUT2D eigenvalue weighted by Gasteiger charge is 2.17. The van der Waals surface area contributed by atoms with E-state index in [0.29, 0.717) is 5.92 Å². The van der Waals surface area contributed by atoms with E-state index in [4.69, 9.17) is 4.98 Å². The van der Waals surface area contributed by atoms with Gasteiger partial charge in [0.15, 0.2) is 0 Å². The number of aryl methyl sites for hydroxylation is 1. The van der Waals surface area contributed by atoms with Gasteiger partial charge in [0.05, 0.1) is 11.0 Å². The molecular weight excluding hydrogens is 184 g/mol. The first-order chi connectivity index (χ1) is 7.36. The molecule has 1 aliphatic rings. The molecule has 1 aliphatic carbocycles. The monoisotopic (exact) mass is 198 g/mol. The summed E-state index contributed by atoms with van der Waals surface area (Å²) < 4.78 is 2.22. The van der Waals surface area contributed by atoms with Crippen molar-refractivity contribution in [1.29, 1.82) is 0 Å². The van der Waals surface area contributed by atoms with E-state index in [2.05, 4.69) is 42.0 Å². The summed E-state index contributed by atoms with van der Waals surface area (Å²) in [5.74, 6) is 1.72. The maximum absolute atomic E-state index is 4.71. The number of hydrogen-bond donors (Lipinski definition) is 0. The second-order valence-corrected chi connectivity index (χ2v) is 4.13. The second kappa shape index (κ2) is 3.23. The molecule has 0 amide bonds. The van der Waals surface area contributed by atoms with Crippen molar-refractivity contribution in [3.05, 3.63) is 42.2 Å². The van der Waals surface area contributed by atoms with Crippen LogP contribution in [-0.2, 0) is 7.05 Å². The third kappa shape index (κ3) is 1.29. The lowest BCUT2D eigenvalue weighted by Gasteiger charge is -2.07. The van der Waals surface area contributed by atoms with Gasteiger partial charge in [0.25, 0.3) is 0 Å². The van der Waals surface area contributed by atoms with Crippen LogP contribution in [0.2, 0.25) is 0 Å². The largest absolute Gasteiger partial charge is 0.331 e. The zero-order chi connectivity index (χ0) is 10.3. The molecule has 1 aromatic heterocycles. The molecule has 0 radical (unpaired) electrons. The summed E-state index contributed by atoms with van der Waals surface area (Å²) in [7, 11) is 2.11. The minimum atomic E-state index is 0.516. The standard InChI is InChI=1S/C13H14N2/c1-15-12-9-5-4-8-11(12)14-13(15)10-6-2-3-7-10/h2,4-6,8-10H,3,7H2,1H3/t10-/m0/s1. The number of para-hydroxylation sites is 2. The lowest BCUT2D eigenvalue weighted by atomic mass is 10.1. The van der Waals surface area contributed by atoms with Gasteiger partial charge in [-0.1, -0.05) is 24.3 Å². The Bertz CT molecular complexity index is 522. The maximum Gasteiger partial charge on any atom is 0.116 e. The summed E-state index contributed by atoms with van der Waals surface area (Å²) in [6.45, 7) is 0. The van der Waals surface area contributed by atoms with E-state index in [9.17, 15) is 0 Å². The Balaban J connectivity index is 2.18. The predicted octanol–water partition coefficient (Wildman–Crippen LogP) is 3.01. The van der Waals surface area contributed by atoms with Crippen LogP contribution in [0.15, 0.2) is 36.4 Å². The minimum Gasteiger partial charge on any atom is -0.331 e. The third-order valence-corrected chi connectivity index (χ3v) is 3.17. The van der Waals surface area contributed by atoms with Crippen molar-refractivity contribution >= 4 is 11.0 Å². The fourth-order valence-electron chi connectivity index (χ4n) is 2.34. The number of aromatic nitrogens is 2. The van der Waals surface area contributed by atoms with Crippen molar-refractivity contribution in [3.8, 4) is 0 Å². The highest BCUT2D eigenvalue weighted by molar-refractivity contribution is 5.76. The Labute approximate surface area is 89.2 Å². The molecule has 0 saturated carbocycles. The zero-order valence-electron chi connectivity index (χ0n) is 8.85. The number of fused-ring (bicyclic) bond motifs is 1. The van der Waals surface area contributed by atoms with Crippen molar-refractivity contribution in [3.63, 3.8) is 0 Å². The Morgan fingerprint density at radius 1 is 1.33 bits per heavy atom. The van der Waals surface area contributed by atoms with E-state index < -0.39 is 0 Å². The van der Waals surface area contributed by atoms with Gasteiger partial charge in [-0.05, 0) is 25.0 Å². The number of allylic oxidation sites excluding steroid dienone is 2. The number of imidazole rings is 1. The first-order valence-corrected chi connectivity index (χ1v) is 5.44. The fraction of sp³-hybridized carbons (Fsp3) is 0.308. The van der Waals surface area contributed by atoms with Crippen LogP contribution >= 0.6 is 0 Å². The van der Waals surface area contributed by atoms with Crippen molar-refractivity contribution in [1.82, 2.24) is 9.55 Å². The van der Waals surface area contributed by atoms with E-state index in [-0.39, 0.29) is 0 Å². The third-order valence-electron chi connectivity index (χ3n) is 3.17. The molecule has 0 fully saturated rings. The van der Waals surface area contributed by atoms with Gasteiger partial charge in [0.1, 0.15) is 5.82 Å². The Kier molecular flexibility index (Phi) is 1.88. The second-order valence-electron chi connectivity index (χ2n) is 4.13. The van der Waals surface area contributed by atoms with Crippen LogP contribution in [0.1, 0.15) is 24.6 Å². The van der Waals surface area contributed by atoms with Crippen LogP contribution in [0.3, 0.4) is 0 Å². The molecule has 0 unspecified atom stereocenters. The molecule has 2 aromatic rings. The first-order valence-electron chi connectivity index (χ1n) is 5.44. The van der Waals surface area contributed by atoms with Gasteiger partial charge in [-0.15, -0.1) is 0 Å². The average Bonchev–Trinajstić information content (AvgIpc) is 2.87. The van der Waals surface area contributed by atoms with Gasteiger partial charge in [-0.3, -0.25) is 0 Å². The molecule has 0 saturated heterocycles. The maximum atomic E-state index is 4.71. The molecule has 2 heteroatoms. The number of nitrogens with zero attached hydrogens (tertiary/aromatic N) is 2. The summed E-state index contributed by atoms with van der Waals surface area (Å²) in [6, 6.07) is 8.32. The molecule has 0 bridgehead atoms. The first kappa shape index (κ1) is 8.72. The topological polar surface area (TPSA) is 17.8 Å². The average molecular weight is 198 g/mol. The van der Waals surface area contributed by atoms with Gasteiger partial charge in [-0.2, -0.15) is 0 Å². The lowest BCUT2D eigenvalue weighted by Crippen LogP contribution is -2.01. The molecule has 2 nitrogen and oxygen atoms in total.